The molecule has 0 aromatic rings. The quantitative estimate of drug-likeness (QED) is 0.227. The van der Waals surface area contributed by atoms with Gasteiger partial charge in [-0.1, -0.05) is 64.7 Å². The third-order valence-electron chi connectivity index (χ3n) is 4.60. The normalized spacial score (nSPS) is 27.2. The largest absolute Gasteiger partial charge is 1.00 e. The predicted molar refractivity (Wildman–Crippen MR) is 92.7 cm³/mol. The maximum absolute atomic E-state index is 9.84. The van der Waals surface area contributed by atoms with Gasteiger partial charge in [0.1, 0.15) is 24.4 Å². The van der Waals surface area contributed by atoms with Crippen LogP contribution in [0, 0.1) is 0 Å². The molecule has 1 saturated heterocycles. The predicted octanol–water partition coefficient (Wildman–Crippen LogP) is -1.16. The van der Waals surface area contributed by atoms with Gasteiger partial charge in [0.05, 0.1) is 6.61 Å². The molecule has 5 atom stereocenters. The molecule has 1 aliphatic rings. The molecule has 1 rings (SSSR count). The Morgan fingerprint density at radius 2 is 1.44 bits per heavy atom. The second kappa shape index (κ2) is 15.8. The number of hydrogen-bond acceptors (Lipinski definition) is 6. The Hall–Kier alpha value is 0.760. The van der Waals surface area contributed by atoms with Crippen molar-refractivity contribution in [3.63, 3.8) is 0 Å². The third-order valence-corrected chi connectivity index (χ3v) is 4.60. The number of unbranched alkanes of at least 4 members (excludes halogenated alkanes) is 9. The summed E-state index contributed by atoms with van der Waals surface area (Å²) in [5.41, 5.74) is 0. The van der Waals surface area contributed by atoms with Gasteiger partial charge in [-0.2, -0.15) is 0 Å². The molecular formula is C18H37NaO6. The summed E-state index contributed by atoms with van der Waals surface area (Å²) >= 11 is 0. The average Bonchev–Trinajstić information content (AvgIpc) is 2.87. The molecule has 7 heteroatoms. The summed E-state index contributed by atoms with van der Waals surface area (Å²) in [6.07, 6.45) is 6.72. The molecule has 1 fully saturated rings. The molecule has 0 aromatic carbocycles. The van der Waals surface area contributed by atoms with E-state index in [9.17, 15) is 15.3 Å². The number of hydrogen-bond donors (Lipinski definition) is 4. The standard InChI is InChI=1S/C18H36O6.Na.H/c1-2-3-4-5-6-7-8-9-10-11-12-23-18-16(22)15(21)17(24-18)14(20)13-19;;/h14-22H,2-13H2,1H3;;/q;+1;-1/t14-,15-,16-,17+,18-;;/m1../s1. The zero-order valence-corrected chi connectivity index (χ0v) is 18.0. The van der Waals surface area contributed by atoms with Crippen molar-refractivity contribution in [1.82, 2.24) is 0 Å². The molecular weight excluding hydrogens is 335 g/mol. The van der Waals surface area contributed by atoms with E-state index in [0.717, 1.165) is 12.8 Å². The van der Waals surface area contributed by atoms with Crippen molar-refractivity contribution in [3.8, 4) is 0 Å². The molecule has 0 unspecified atom stereocenters. The van der Waals surface area contributed by atoms with E-state index in [1.54, 1.807) is 0 Å². The van der Waals surface area contributed by atoms with Crippen molar-refractivity contribution < 1.29 is 60.9 Å². The summed E-state index contributed by atoms with van der Waals surface area (Å²) in [4.78, 5) is 0. The molecule has 0 aliphatic carbocycles. The van der Waals surface area contributed by atoms with E-state index < -0.39 is 37.3 Å². The Morgan fingerprint density at radius 1 is 0.920 bits per heavy atom. The van der Waals surface area contributed by atoms with Crippen molar-refractivity contribution >= 4 is 0 Å². The van der Waals surface area contributed by atoms with Gasteiger partial charge in [0.2, 0.25) is 0 Å². The Balaban J connectivity index is 0. The maximum atomic E-state index is 9.84. The summed E-state index contributed by atoms with van der Waals surface area (Å²) in [6, 6.07) is 0. The second-order valence-corrected chi connectivity index (χ2v) is 6.75. The Kier molecular flexibility index (Phi) is 16.3. The monoisotopic (exact) mass is 372 g/mol. The SMILES string of the molecule is CCCCCCCCCCCCO[C@@H]1O[C@@H]([C@H](O)CO)[C@H](O)[C@H]1O.[H-].[Na+]. The zero-order chi connectivity index (χ0) is 17.8. The molecule has 6 nitrogen and oxygen atoms in total. The molecule has 0 saturated carbocycles. The summed E-state index contributed by atoms with van der Waals surface area (Å²) in [5, 5.41) is 38.0. The summed E-state index contributed by atoms with van der Waals surface area (Å²) < 4.78 is 10.8. The van der Waals surface area contributed by atoms with Gasteiger partial charge in [0.15, 0.2) is 6.29 Å². The van der Waals surface area contributed by atoms with Crippen LogP contribution in [0.2, 0.25) is 0 Å². The first kappa shape index (κ1) is 25.8. The van der Waals surface area contributed by atoms with Gasteiger partial charge in [0.25, 0.3) is 0 Å². The minimum absolute atomic E-state index is 0. The van der Waals surface area contributed by atoms with Crippen LogP contribution in [0.1, 0.15) is 72.6 Å². The third kappa shape index (κ3) is 10.0. The van der Waals surface area contributed by atoms with Crippen molar-refractivity contribution in [2.45, 2.75) is 102 Å². The van der Waals surface area contributed by atoms with Crippen LogP contribution in [0.25, 0.3) is 0 Å². The molecule has 0 amide bonds. The van der Waals surface area contributed by atoms with Gasteiger partial charge in [-0.3, -0.25) is 0 Å². The van der Waals surface area contributed by atoms with Gasteiger partial charge >= 0.3 is 29.6 Å². The maximum Gasteiger partial charge on any atom is 1.00 e. The molecule has 0 spiro atoms. The van der Waals surface area contributed by atoms with E-state index in [2.05, 4.69) is 6.92 Å². The minimum Gasteiger partial charge on any atom is -1.00 e. The summed E-state index contributed by atoms with van der Waals surface area (Å²) in [7, 11) is 0. The fourth-order valence-corrected chi connectivity index (χ4v) is 3.02. The van der Waals surface area contributed by atoms with Gasteiger partial charge in [-0.25, -0.2) is 0 Å². The van der Waals surface area contributed by atoms with Crippen LogP contribution in [-0.4, -0.2) is 64.3 Å². The van der Waals surface area contributed by atoms with Crippen LogP contribution in [0.15, 0.2) is 0 Å². The first-order valence-electron chi connectivity index (χ1n) is 9.54. The first-order chi connectivity index (χ1) is 11.6. The van der Waals surface area contributed by atoms with Crippen molar-refractivity contribution in [2.75, 3.05) is 13.2 Å². The first-order valence-corrected chi connectivity index (χ1v) is 9.54. The van der Waals surface area contributed by atoms with Crippen LogP contribution in [0.5, 0.6) is 0 Å². The fourth-order valence-electron chi connectivity index (χ4n) is 3.02. The average molecular weight is 372 g/mol. The second-order valence-electron chi connectivity index (χ2n) is 6.75. The van der Waals surface area contributed by atoms with Crippen LogP contribution in [0.4, 0.5) is 0 Å². The fraction of sp³-hybridized carbons (Fsp3) is 1.00. The summed E-state index contributed by atoms with van der Waals surface area (Å²) in [5.74, 6) is 0. The Bertz CT molecular complexity index is 313. The minimum atomic E-state index is -1.25. The molecule has 146 valence electrons. The van der Waals surface area contributed by atoms with Crippen LogP contribution in [-0.2, 0) is 9.47 Å². The van der Waals surface area contributed by atoms with E-state index in [1.807, 2.05) is 0 Å². The number of aliphatic hydroxyl groups excluding tert-OH is 4. The topological polar surface area (TPSA) is 99.4 Å². The Morgan fingerprint density at radius 3 is 1.96 bits per heavy atom. The van der Waals surface area contributed by atoms with Gasteiger partial charge in [-0.15, -0.1) is 0 Å². The number of aliphatic hydroxyl groups is 4. The van der Waals surface area contributed by atoms with Crippen molar-refractivity contribution in [2.24, 2.45) is 0 Å². The van der Waals surface area contributed by atoms with E-state index in [4.69, 9.17) is 14.6 Å². The van der Waals surface area contributed by atoms with E-state index in [-0.39, 0.29) is 31.0 Å². The van der Waals surface area contributed by atoms with E-state index in [1.165, 1.54) is 51.4 Å². The molecule has 1 heterocycles. The van der Waals surface area contributed by atoms with Gasteiger partial charge < -0.3 is 31.3 Å². The molecule has 0 radical (unpaired) electrons. The molecule has 0 aromatic heterocycles. The van der Waals surface area contributed by atoms with Crippen LogP contribution < -0.4 is 29.6 Å². The number of ether oxygens (including phenoxy) is 2. The van der Waals surface area contributed by atoms with Crippen LogP contribution >= 0.6 is 0 Å². The molecule has 1 aliphatic heterocycles. The van der Waals surface area contributed by atoms with Gasteiger partial charge in [0, 0.05) is 6.61 Å². The summed E-state index contributed by atoms with van der Waals surface area (Å²) in [6.45, 7) is 2.15. The van der Waals surface area contributed by atoms with E-state index >= 15 is 0 Å². The molecule has 0 bridgehead atoms. The van der Waals surface area contributed by atoms with E-state index in [0.29, 0.717) is 6.61 Å². The van der Waals surface area contributed by atoms with Gasteiger partial charge in [-0.05, 0) is 6.42 Å². The van der Waals surface area contributed by atoms with Crippen molar-refractivity contribution in [1.29, 1.82) is 0 Å². The Labute approximate surface area is 175 Å². The van der Waals surface area contributed by atoms with Crippen LogP contribution in [0.3, 0.4) is 0 Å². The zero-order valence-electron chi connectivity index (χ0n) is 17.0. The number of rotatable bonds is 14. The van der Waals surface area contributed by atoms with Crippen molar-refractivity contribution in [3.05, 3.63) is 0 Å². The smallest absolute Gasteiger partial charge is 1.00 e. The molecule has 4 N–H and O–H groups in total. The molecule has 25 heavy (non-hydrogen) atoms.